The van der Waals surface area contributed by atoms with Gasteiger partial charge in [-0.25, -0.2) is 0 Å². The number of rotatable bonds is 5. The van der Waals surface area contributed by atoms with Crippen molar-refractivity contribution in [3.63, 3.8) is 0 Å². The fourth-order valence-corrected chi connectivity index (χ4v) is 3.34. The highest BCUT2D eigenvalue weighted by Gasteiger charge is 2.34. The summed E-state index contributed by atoms with van der Waals surface area (Å²) >= 11 is 0. The minimum atomic E-state index is -0.229. The van der Waals surface area contributed by atoms with Crippen LogP contribution in [0.5, 0.6) is 5.75 Å². The van der Waals surface area contributed by atoms with E-state index < -0.39 is 0 Å². The SMILES string of the molecule is C[C@@H]1c2ccccc2O[C@@H]1CNC(=O)c1cn(CC2(C)COC2)nn1. The molecule has 4 rings (SSSR count). The molecule has 1 N–H and O–H groups in total. The lowest BCUT2D eigenvalue weighted by molar-refractivity contribution is -0.111. The maximum absolute atomic E-state index is 12.3. The highest BCUT2D eigenvalue weighted by molar-refractivity contribution is 5.91. The van der Waals surface area contributed by atoms with Crippen molar-refractivity contribution in [2.75, 3.05) is 19.8 Å². The molecule has 1 fully saturated rings. The van der Waals surface area contributed by atoms with Crippen molar-refractivity contribution >= 4 is 5.91 Å². The second-order valence-electron chi connectivity index (χ2n) is 7.30. The van der Waals surface area contributed by atoms with Crippen molar-refractivity contribution in [2.24, 2.45) is 5.41 Å². The molecule has 7 heteroatoms. The molecule has 0 unspecified atom stereocenters. The Balaban J connectivity index is 1.33. The van der Waals surface area contributed by atoms with E-state index in [1.807, 2.05) is 18.2 Å². The maximum atomic E-state index is 12.3. The second-order valence-corrected chi connectivity index (χ2v) is 7.30. The van der Waals surface area contributed by atoms with E-state index in [0.717, 1.165) is 5.75 Å². The molecular weight excluding hydrogens is 320 g/mol. The minimum Gasteiger partial charge on any atom is -0.488 e. The molecule has 0 aliphatic carbocycles. The fraction of sp³-hybridized carbons (Fsp3) is 0.500. The van der Waals surface area contributed by atoms with Crippen molar-refractivity contribution in [3.05, 3.63) is 41.7 Å². The molecule has 132 valence electrons. The Morgan fingerprint density at radius 3 is 2.92 bits per heavy atom. The first kappa shape index (κ1) is 16.1. The summed E-state index contributed by atoms with van der Waals surface area (Å²) in [5, 5.41) is 10.9. The van der Waals surface area contributed by atoms with Crippen molar-refractivity contribution < 1.29 is 14.3 Å². The lowest BCUT2D eigenvalue weighted by Gasteiger charge is -2.37. The number of fused-ring (bicyclic) bond motifs is 1. The van der Waals surface area contributed by atoms with E-state index in [9.17, 15) is 4.79 Å². The van der Waals surface area contributed by atoms with Crippen LogP contribution in [-0.4, -0.2) is 46.8 Å². The monoisotopic (exact) mass is 342 g/mol. The van der Waals surface area contributed by atoms with Crippen LogP contribution < -0.4 is 10.1 Å². The van der Waals surface area contributed by atoms with E-state index in [1.54, 1.807) is 10.9 Å². The smallest absolute Gasteiger partial charge is 0.273 e. The first-order chi connectivity index (χ1) is 12.0. The number of aromatic nitrogens is 3. The quantitative estimate of drug-likeness (QED) is 0.893. The van der Waals surface area contributed by atoms with Gasteiger partial charge in [-0.2, -0.15) is 0 Å². The maximum Gasteiger partial charge on any atom is 0.273 e. The zero-order valence-corrected chi connectivity index (χ0v) is 14.4. The predicted molar refractivity (Wildman–Crippen MR) is 90.6 cm³/mol. The van der Waals surface area contributed by atoms with E-state index >= 15 is 0 Å². The van der Waals surface area contributed by atoms with Crippen LogP contribution in [0.2, 0.25) is 0 Å². The number of hydrogen-bond acceptors (Lipinski definition) is 5. The van der Waals surface area contributed by atoms with Crippen LogP contribution in [0.4, 0.5) is 0 Å². The van der Waals surface area contributed by atoms with Gasteiger partial charge in [-0.1, -0.05) is 37.3 Å². The third-order valence-corrected chi connectivity index (χ3v) is 4.93. The number of nitrogens with zero attached hydrogens (tertiary/aromatic N) is 3. The standard InChI is InChI=1S/C18H22N4O3/c1-12-13-5-3-4-6-15(13)25-16(12)7-19-17(23)14-8-22(21-20-14)9-18(2)10-24-11-18/h3-6,8,12,16H,7,9-11H2,1-2H3,(H,19,23)/t12-,16-/m1/s1. The Morgan fingerprint density at radius 2 is 2.20 bits per heavy atom. The third-order valence-electron chi connectivity index (χ3n) is 4.93. The molecule has 2 atom stereocenters. The van der Waals surface area contributed by atoms with Crippen LogP contribution >= 0.6 is 0 Å². The van der Waals surface area contributed by atoms with Gasteiger partial charge in [0.1, 0.15) is 11.9 Å². The molecule has 25 heavy (non-hydrogen) atoms. The van der Waals surface area contributed by atoms with E-state index in [2.05, 4.69) is 35.5 Å². The molecule has 0 bridgehead atoms. The van der Waals surface area contributed by atoms with E-state index in [0.29, 0.717) is 32.0 Å². The normalized spacial score (nSPS) is 23.4. The Morgan fingerprint density at radius 1 is 1.40 bits per heavy atom. The molecule has 2 aliphatic heterocycles. The first-order valence-corrected chi connectivity index (χ1v) is 8.56. The average Bonchev–Trinajstić information content (AvgIpc) is 3.17. The number of hydrogen-bond donors (Lipinski definition) is 1. The molecule has 1 aromatic heterocycles. The number of carbonyl (C=O) groups excluding carboxylic acids is 1. The molecule has 7 nitrogen and oxygen atoms in total. The molecule has 2 aromatic rings. The number of nitrogens with one attached hydrogen (secondary N) is 1. The van der Waals surface area contributed by atoms with Crippen LogP contribution in [0.25, 0.3) is 0 Å². The van der Waals surface area contributed by atoms with Gasteiger partial charge in [-0.05, 0) is 6.07 Å². The largest absolute Gasteiger partial charge is 0.488 e. The first-order valence-electron chi connectivity index (χ1n) is 8.56. The summed E-state index contributed by atoms with van der Waals surface area (Å²) in [6.07, 6.45) is 1.62. The highest BCUT2D eigenvalue weighted by atomic mass is 16.5. The second kappa shape index (κ2) is 6.15. The summed E-state index contributed by atoms with van der Waals surface area (Å²) < 4.78 is 12.9. The summed E-state index contributed by atoms with van der Waals surface area (Å²) in [5.41, 5.74) is 1.59. The number of carbonyl (C=O) groups is 1. The van der Waals surface area contributed by atoms with Gasteiger partial charge in [0, 0.05) is 16.9 Å². The van der Waals surface area contributed by atoms with E-state index in [1.165, 1.54) is 5.56 Å². The van der Waals surface area contributed by atoms with Gasteiger partial charge in [0.15, 0.2) is 5.69 Å². The van der Waals surface area contributed by atoms with Gasteiger partial charge in [0.05, 0.1) is 32.5 Å². The fourth-order valence-electron chi connectivity index (χ4n) is 3.34. The zero-order chi connectivity index (χ0) is 17.4. The molecule has 0 radical (unpaired) electrons. The molecule has 1 aromatic carbocycles. The summed E-state index contributed by atoms with van der Waals surface area (Å²) in [7, 11) is 0. The van der Waals surface area contributed by atoms with E-state index in [-0.39, 0.29) is 23.3 Å². The van der Waals surface area contributed by atoms with Crippen LogP contribution in [0, 0.1) is 5.41 Å². The zero-order valence-electron chi connectivity index (χ0n) is 14.4. The van der Waals surface area contributed by atoms with Gasteiger partial charge in [-0.3, -0.25) is 9.48 Å². The lowest BCUT2D eigenvalue weighted by atomic mass is 9.89. The Labute approximate surface area is 146 Å². The third kappa shape index (κ3) is 3.11. The van der Waals surface area contributed by atoms with Gasteiger partial charge >= 0.3 is 0 Å². The predicted octanol–water partition coefficient (Wildman–Crippen LogP) is 1.61. The van der Waals surface area contributed by atoms with Crippen molar-refractivity contribution in [3.8, 4) is 5.75 Å². The molecule has 2 aliphatic rings. The van der Waals surface area contributed by atoms with Crippen LogP contribution in [-0.2, 0) is 11.3 Å². The molecule has 1 amide bonds. The van der Waals surface area contributed by atoms with Crippen molar-refractivity contribution in [2.45, 2.75) is 32.4 Å². The van der Waals surface area contributed by atoms with Crippen LogP contribution in [0.15, 0.2) is 30.5 Å². The molecule has 0 spiro atoms. The molecule has 0 saturated carbocycles. The van der Waals surface area contributed by atoms with E-state index in [4.69, 9.17) is 9.47 Å². The van der Waals surface area contributed by atoms with Crippen LogP contribution in [0.1, 0.15) is 35.8 Å². The van der Waals surface area contributed by atoms with Gasteiger partial charge in [-0.15, -0.1) is 5.10 Å². The van der Waals surface area contributed by atoms with Crippen LogP contribution in [0.3, 0.4) is 0 Å². The summed E-state index contributed by atoms with van der Waals surface area (Å²) in [6.45, 7) is 6.81. The Bertz CT molecular complexity index is 784. The number of para-hydroxylation sites is 1. The van der Waals surface area contributed by atoms with Gasteiger partial charge in [0.2, 0.25) is 0 Å². The molecular formula is C18H22N4O3. The molecule has 1 saturated heterocycles. The topological polar surface area (TPSA) is 78.3 Å². The average molecular weight is 342 g/mol. The summed E-state index contributed by atoms with van der Waals surface area (Å²) in [6, 6.07) is 7.99. The summed E-state index contributed by atoms with van der Waals surface area (Å²) in [4.78, 5) is 12.3. The van der Waals surface area contributed by atoms with Crippen molar-refractivity contribution in [1.82, 2.24) is 20.3 Å². The Kier molecular flexibility index (Phi) is 3.95. The number of ether oxygens (including phenoxy) is 2. The highest BCUT2D eigenvalue weighted by Crippen LogP contribution is 2.37. The number of amides is 1. The Hall–Kier alpha value is -2.41. The number of benzene rings is 1. The molecule has 3 heterocycles. The van der Waals surface area contributed by atoms with Crippen molar-refractivity contribution in [1.29, 1.82) is 0 Å². The minimum absolute atomic E-state index is 0.0672. The summed E-state index contributed by atoms with van der Waals surface area (Å²) in [5.74, 6) is 0.912. The lowest BCUT2D eigenvalue weighted by Crippen LogP contribution is -2.43. The van der Waals surface area contributed by atoms with Gasteiger partial charge in [0.25, 0.3) is 5.91 Å². The van der Waals surface area contributed by atoms with Gasteiger partial charge < -0.3 is 14.8 Å².